The first-order valence-electron chi connectivity index (χ1n) is 8.25. The molecule has 0 saturated carbocycles. The predicted octanol–water partition coefficient (Wildman–Crippen LogP) is 4.86. The van der Waals surface area contributed by atoms with Crippen molar-refractivity contribution in [3.8, 4) is 5.75 Å². The van der Waals surface area contributed by atoms with E-state index >= 15 is 0 Å². The fourth-order valence-electron chi connectivity index (χ4n) is 3.42. The van der Waals surface area contributed by atoms with Gasteiger partial charge in [-0.2, -0.15) is 26.3 Å². The molecule has 1 unspecified atom stereocenters. The molecule has 0 radical (unpaired) electrons. The Morgan fingerprint density at radius 1 is 1.14 bits per heavy atom. The molecule has 1 aliphatic carbocycles. The van der Waals surface area contributed by atoms with Crippen molar-refractivity contribution in [2.75, 3.05) is 7.11 Å². The average molecular weight is 408 g/mol. The first-order valence-corrected chi connectivity index (χ1v) is 8.25. The average Bonchev–Trinajstić information content (AvgIpc) is 2.64. The molecular formula is C19H18F6O3. The molecule has 0 bridgehead atoms. The van der Waals surface area contributed by atoms with E-state index in [1.54, 1.807) is 31.2 Å². The maximum absolute atomic E-state index is 13.4. The molecule has 28 heavy (non-hydrogen) atoms. The van der Waals surface area contributed by atoms with Gasteiger partial charge in [0.25, 0.3) is 5.60 Å². The number of allylic oxidation sites excluding steroid dienone is 3. The van der Waals surface area contributed by atoms with Crippen LogP contribution in [-0.2, 0) is 4.79 Å². The lowest BCUT2D eigenvalue weighted by Crippen LogP contribution is -2.67. The van der Waals surface area contributed by atoms with Crippen molar-refractivity contribution in [2.45, 2.75) is 37.7 Å². The number of rotatable bonds is 5. The summed E-state index contributed by atoms with van der Waals surface area (Å²) in [6.07, 6.45) is -12.1. The fraction of sp³-hybridized carbons (Fsp3) is 0.421. The van der Waals surface area contributed by atoms with E-state index in [2.05, 4.69) is 0 Å². The van der Waals surface area contributed by atoms with Crippen molar-refractivity contribution in [1.82, 2.24) is 0 Å². The van der Waals surface area contributed by atoms with Gasteiger partial charge in [-0.3, -0.25) is 0 Å². The fourth-order valence-corrected chi connectivity index (χ4v) is 3.42. The number of aliphatic hydroxyl groups is 1. The van der Waals surface area contributed by atoms with E-state index in [0.717, 1.165) is 6.08 Å². The van der Waals surface area contributed by atoms with Crippen LogP contribution in [0.1, 0.15) is 25.3 Å². The minimum Gasteiger partial charge on any atom is -0.496 e. The van der Waals surface area contributed by atoms with Crippen LogP contribution in [0.4, 0.5) is 26.3 Å². The number of hydrogen-bond acceptors (Lipinski definition) is 3. The van der Waals surface area contributed by atoms with Crippen LogP contribution in [0.5, 0.6) is 5.75 Å². The summed E-state index contributed by atoms with van der Waals surface area (Å²) in [5.41, 5.74) is -7.49. The first kappa shape index (κ1) is 22.0. The second kappa shape index (κ2) is 7.27. The normalized spacial score (nSPS) is 21.0. The van der Waals surface area contributed by atoms with E-state index < -0.39 is 36.1 Å². The van der Waals surface area contributed by atoms with Crippen molar-refractivity contribution in [3.63, 3.8) is 0 Å². The number of aldehydes is 1. The number of carbonyl (C=O) groups excluding carboxylic acids is 1. The van der Waals surface area contributed by atoms with Crippen LogP contribution in [0, 0.1) is 5.41 Å². The van der Waals surface area contributed by atoms with Gasteiger partial charge in [0, 0.05) is 5.56 Å². The van der Waals surface area contributed by atoms with Crippen molar-refractivity contribution >= 4 is 11.9 Å². The van der Waals surface area contributed by atoms with Gasteiger partial charge in [0.1, 0.15) is 12.0 Å². The summed E-state index contributed by atoms with van der Waals surface area (Å²) in [5, 5.41) is 9.85. The van der Waals surface area contributed by atoms with Crippen LogP contribution in [-0.4, -0.2) is 36.5 Å². The van der Waals surface area contributed by atoms with Crippen LogP contribution >= 0.6 is 0 Å². The molecule has 154 valence electrons. The van der Waals surface area contributed by atoms with Crippen LogP contribution < -0.4 is 4.74 Å². The molecule has 0 amide bonds. The Labute approximate surface area is 157 Å². The third-order valence-electron chi connectivity index (χ3n) is 4.96. The highest BCUT2D eigenvalue weighted by Gasteiger charge is 2.79. The maximum atomic E-state index is 13.4. The number of carbonyl (C=O) groups is 1. The topological polar surface area (TPSA) is 46.5 Å². The second-order valence-electron chi connectivity index (χ2n) is 6.45. The standard InChI is InChI=1S/C19H18F6O3/c1-3-12-10-16(11-26,17(27,18(20,21)22)19(23,24)25)9-8-13(12)14-6-4-5-7-15(14)28-2/h4-9,11,27H,3,10H2,1-2H3. The van der Waals surface area contributed by atoms with Gasteiger partial charge in [-0.05, 0) is 24.5 Å². The van der Waals surface area contributed by atoms with E-state index in [1.807, 2.05) is 0 Å². The summed E-state index contributed by atoms with van der Waals surface area (Å²) in [4.78, 5) is 11.6. The van der Waals surface area contributed by atoms with Crippen molar-refractivity contribution in [2.24, 2.45) is 5.41 Å². The van der Waals surface area contributed by atoms with Crippen molar-refractivity contribution in [1.29, 1.82) is 0 Å². The molecule has 0 heterocycles. The highest BCUT2D eigenvalue weighted by Crippen LogP contribution is 2.57. The van der Waals surface area contributed by atoms with Gasteiger partial charge in [0.2, 0.25) is 0 Å². The predicted molar refractivity (Wildman–Crippen MR) is 89.5 cm³/mol. The van der Waals surface area contributed by atoms with Gasteiger partial charge in [0.05, 0.1) is 12.5 Å². The third kappa shape index (κ3) is 3.21. The van der Waals surface area contributed by atoms with E-state index in [-0.39, 0.29) is 12.0 Å². The highest BCUT2D eigenvalue weighted by molar-refractivity contribution is 5.84. The SMILES string of the molecule is CCC1=C(c2ccccc2OC)C=CC(C=O)(C(O)(C(F)(F)F)C(F)(F)F)C1. The minimum atomic E-state index is -6.11. The van der Waals surface area contributed by atoms with Gasteiger partial charge >= 0.3 is 12.4 Å². The Morgan fingerprint density at radius 2 is 1.71 bits per heavy atom. The number of methoxy groups -OCH3 is 1. The maximum Gasteiger partial charge on any atom is 0.427 e. The Hall–Kier alpha value is -2.29. The largest absolute Gasteiger partial charge is 0.496 e. The van der Waals surface area contributed by atoms with Gasteiger partial charge in [-0.25, -0.2) is 0 Å². The Morgan fingerprint density at radius 3 is 2.18 bits per heavy atom. The molecular weight excluding hydrogens is 390 g/mol. The number of para-hydroxylation sites is 1. The Bertz CT molecular complexity index is 793. The zero-order chi connectivity index (χ0) is 21.4. The zero-order valence-electron chi connectivity index (χ0n) is 15.0. The smallest absolute Gasteiger partial charge is 0.427 e. The molecule has 0 saturated heterocycles. The molecule has 1 aromatic carbocycles. The summed E-state index contributed by atoms with van der Waals surface area (Å²) in [6, 6.07) is 6.48. The van der Waals surface area contributed by atoms with E-state index in [1.165, 1.54) is 7.11 Å². The highest BCUT2D eigenvalue weighted by atomic mass is 19.4. The summed E-state index contributed by atoms with van der Waals surface area (Å²) >= 11 is 0. The lowest BCUT2D eigenvalue weighted by Gasteiger charge is -2.45. The first-order chi connectivity index (χ1) is 12.9. The summed E-state index contributed by atoms with van der Waals surface area (Å²) < 4.78 is 85.5. The molecule has 1 aliphatic rings. The van der Waals surface area contributed by atoms with Crippen LogP contribution in [0.15, 0.2) is 42.0 Å². The van der Waals surface area contributed by atoms with Gasteiger partial charge < -0.3 is 14.6 Å². The Kier molecular flexibility index (Phi) is 5.71. The molecule has 1 aromatic rings. The Balaban J connectivity index is 2.69. The lowest BCUT2D eigenvalue weighted by molar-refractivity contribution is -0.390. The van der Waals surface area contributed by atoms with E-state index in [0.29, 0.717) is 23.0 Å². The zero-order valence-corrected chi connectivity index (χ0v) is 15.0. The van der Waals surface area contributed by atoms with Gasteiger partial charge in [0.15, 0.2) is 0 Å². The summed E-state index contributed by atoms with van der Waals surface area (Å²) in [5.74, 6) is 0.369. The number of ether oxygens (including phenoxy) is 1. The summed E-state index contributed by atoms with van der Waals surface area (Å²) in [6.45, 7) is 1.54. The number of benzene rings is 1. The van der Waals surface area contributed by atoms with Gasteiger partial charge in [-0.1, -0.05) is 42.8 Å². The second-order valence-corrected chi connectivity index (χ2v) is 6.45. The molecule has 0 aliphatic heterocycles. The van der Waals surface area contributed by atoms with Crippen LogP contribution in [0.2, 0.25) is 0 Å². The monoisotopic (exact) mass is 408 g/mol. The minimum absolute atomic E-state index is 0.0686. The van der Waals surface area contributed by atoms with Crippen molar-refractivity contribution < 1.29 is 41.0 Å². The molecule has 0 fully saturated rings. The number of hydrogen-bond donors (Lipinski definition) is 1. The number of halogens is 6. The van der Waals surface area contributed by atoms with Crippen LogP contribution in [0.25, 0.3) is 5.57 Å². The molecule has 1 N–H and O–H groups in total. The number of alkyl halides is 6. The molecule has 1 atom stereocenters. The molecule has 3 nitrogen and oxygen atoms in total. The van der Waals surface area contributed by atoms with E-state index in [4.69, 9.17) is 4.74 Å². The molecule has 2 rings (SSSR count). The van der Waals surface area contributed by atoms with E-state index in [9.17, 15) is 36.2 Å². The third-order valence-corrected chi connectivity index (χ3v) is 4.96. The van der Waals surface area contributed by atoms with Gasteiger partial charge in [-0.15, -0.1) is 0 Å². The summed E-state index contributed by atoms with van der Waals surface area (Å²) in [7, 11) is 1.37. The molecule has 0 aromatic heterocycles. The molecule has 9 heteroatoms. The van der Waals surface area contributed by atoms with Crippen LogP contribution in [0.3, 0.4) is 0 Å². The molecule has 0 spiro atoms. The lowest BCUT2D eigenvalue weighted by atomic mass is 9.64. The van der Waals surface area contributed by atoms with Crippen molar-refractivity contribution in [3.05, 3.63) is 47.6 Å². The quantitative estimate of drug-likeness (QED) is 0.559.